The fourth-order valence-electron chi connectivity index (χ4n) is 1.97. The summed E-state index contributed by atoms with van der Waals surface area (Å²) in [6, 6.07) is 0. The van der Waals surface area contributed by atoms with Gasteiger partial charge in [0.15, 0.2) is 5.79 Å². The van der Waals surface area contributed by atoms with E-state index in [4.69, 9.17) is 14.2 Å². The zero-order chi connectivity index (χ0) is 14.9. The Hall–Kier alpha value is -0.650. The zero-order valence-electron chi connectivity index (χ0n) is 12.8. The molecular formula is C14H26O5. The second kappa shape index (κ2) is 5.38. The standard InChI is InChI=1S/C14H26O5/c1-7-14(16)9-17-13(5,6)18-10(14)8-11(15)19-12(2,3)4/h10,16H,7-9H2,1-6H3/t10-,14-/m1/s1. The number of hydrogen-bond acceptors (Lipinski definition) is 5. The third-order valence-corrected chi connectivity index (χ3v) is 3.08. The van der Waals surface area contributed by atoms with Gasteiger partial charge in [-0.25, -0.2) is 0 Å². The highest BCUT2D eigenvalue weighted by molar-refractivity contribution is 5.70. The number of esters is 1. The van der Waals surface area contributed by atoms with Crippen LogP contribution < -0.4 is 0 Å². The second-order valence-corrected chi connectivity index (χ2v) is 6.54. The first kappa shape index (κ1) is 16.4. The summed E-state index contributed by atoms with van der Waals surface area (Å²) in [5.41, 5.74) is -1.69. The van der Waals surface area contributed by atoms with Gasteiger partial charge in [0.2, 0.25) is 0 Å². The van der Waals surface area contributed by atoms with Gasteiger partial charge in [0.25, 0.3) is 0 Å². The lowest BCUT2D eigenvalue weighted by Crippen LogP contribution is -2.58. The molecule has 0 unspecified atom stereocenters. The van der Waals surface area contributed by atoms with Crippen molar-refractivity contribution >= 4 is 5.97 Å². The van der Waals surface area contributed by atoms with Crippen LogP contribution in [0.5, 0.6) is 0 Å². The van der Waals surface area contributed by atoms with E-state index in [1.165, 1.54) is 0 Å². The van der Waals surface area contributed by atoms with Crippen molar-refractivity contribution < 1.29 is 24.1 Å². The molecule has 1 aliphatic rings. The van der Waals surface area contributed by atoms with Gasteiger partial charge in [-0.15, -0.1) is 0 Å². The summed E-state index contributed by atoms with van der Waals surface area (Å²) in [6.07, 6.45) is -0.138. The van der Waals surface area contributed by atoms with E-state index in [2.05, 4.69) is 0 Å². The topological polar surface area (TPSA) is 65.0 Å². The Labute approximate surface area is 115 Å². The molecule has 0 aromatic rings. The maximum atomic E-state index is 11.9. The lowest BCUT2D eigenvalue weighted by atomic mass is 9.90. The fourth-order valence-corrected chi connectivity index (χ4v) is 1.97. The normalized spacial score (nSPS) is 31.0. The number of ether oxygens (including phenoxy) is 3. The lowest BCUT2D eigenvalue weighted by molar-refractivity contribution is -0.334. The molecular weight excluding hydrogens is 248 g/mol. The van der Waals surface area contributed by atoms with Crippen LogP contribution in [0.1, 0.15) is 54.4 Å². The Balaban J connectivity index is 2.73. The smallest absolute Gasteiger partial charge is 0.309 e. The van der Waals surface area contributed by atoms with Crippen LogP contribution >= 0.6 is 0 Å². The molecule has 0 radical (unpaired) electrons. The largest absolute Gasteiger partial charge is 0.460 e. The Bertz CT molecular complexity index is 331. The molecule has 1 rings (SSSR count). The van der Waals surface area contributed by atoms with Crippen LogP contribution in [0, 0.1) is 0 Å². The monoisotopic (exact) mass is 274 g/mol. The van der Waals surface area contributed by atoms with Gasteiger partial charge in [0, 0.05) is 0 Å². The summed E-state index contributed by atoms with van der Waals surface area (Å²) in [4.78, 5) is 11.9. The van der Waals surface area contributed by atoms with Crippen LogP contribution in [0.4, 0.5) is 0 Å². The molecule has 0 spiro atoms. The number of hydrogen-bond donors (Lipinski definition) is 1. The summed E-state index contributed by atoms with van der Waals surface area (Å²) < 4.78 is 16.4. The van der Waals surface area contributed by atoms with E-state index >= 15 is 0 Å². The van der Waals surface area contributed by atoms with Crippen molar-refractivity contribution in [2.24, 2.45) is 0 Å². The predicted octanol–water partition coefficient (Wildman–Crippen LogP) is 2.01. The highest BCUT2D eigenvalue weighted by Crippen LogP contribution is 2.33. The molecule has 2 atom stereocenters. The molecule has 1 saturated heterocycles. The van der Waals surface area contributed by atoms with Gasteiger partial charge in [0.1, 0.15) is 17.3 Å². The van der Waals surface area contributed by atoms with Gasteiger partial charge in [-0.05, 0) is 41.0 Å². The van der Waals surface area contributed by atoms with Crippen LogP contribution in [-0.2, 0) is 19.0 Å². The van der Waals surface area contributed by atoms with Gasteiger partial charge in [-0.3, -0.25) is 4.79 Å². The molecule has 0 aromatic heterocycles. The Morgan fingerprint density at radius 1 is 1.42 bits per heavy atom. The number of carbonyl (C=O) groups excluding carboxylic acids is 1. The minimum Gasteiger partial charge on any atom is -0.460 e. The number of aliphatic hydroxyl groups is 1. The molecule has 0 aromatic carbocycles. The molecule has 0 amide bonds. The maximum Gasteiger partial charge on any atom is 0.309 e. The molecule has 1 N–H and O–H groups in total. The Kier molecular flexibility index (Phi) is 4.65. The van der Waals surface area contributed by atoms with Crippen molar-refractivity contribution in [3.8, 4) is 0 Å². The van der Waals surface area contributed by atoms with Gasteiger partial charge >= 0.3 is 5.97 Å². The molecule has 0 bridgehead atoms. The Morgan fingerprint density at radius 3 is 2.47 bits per heavy atom. The van der Waals surface area contributed by atoms with Gasteiger partial charge in [-0.1, -0.05) is 6.92 Å². The third-order valence-electron chi connectivity index (χ3n) is 3.08. The van der Waals surface area contributed by atoms with Crippen molar-refractivity contribution in [1.29, 1.82) is 0 Å². The molecule has 1 fully saturated rings. The zero-order valence-corrected chi connectivity index (χ0v) is 12.8. The fraction of sp³-hybridized carbons (Fsp3) is 0.929. The van der Waals surface area contributed by atoms with E-state index in [0.29, 0.717) is 6.42 Å². The molecule has 5 heteroatoms. The summed E-state index contributed by atoms with van der Waals surface area (Å²) in [6.45, 7) is 11.0. The van der Waals surface area contributed by atoms with Gasteiger partial charge < -0.3 is 19.3 Å². The van der Waals surface area contributed by atoms with E-state index in [9.17, 15) is 9.90 Å². The van der Waals surface area contributed by atoms with Crippen LogP contribution in [-0.4, -0.2) is 40.8 Å². The summed E-state index contributed by atoms with van der Waals surface area (Å²) in [5, 5.41) is 10.5. The van der Waals surface area contributed by atoms with Gasteiger partial charge in [0.05, 0.1) is 13.0 Å². The van der Waals surface area contributed by atoms with Crippen LogP contribution in [0.15, 0.2) is 0 Å². The highest BCUT2D eigenvalue weighted by Gasteiger charge is 2.46. The first-order valence-corrected chi connectivity index (χ1v) is 6.73. The molecule has 19 heavy (non-hydrogen) atoms. The predicted molar refractivity (Wildman–Crippen MR) is 70.6 cm³/mol. The van der Waals surface area contributed by atoms with E-state index in [1.54, 1.807) is 13.8 Å². The first-order chi connectivity index (χ1) is 8.47. The summed E-state index contributed by atoms with van der Waals surface area (Å²) in [7, 11) is 0. The average Bonchev–Trinajstić information content (AvgIpc) is 2.21. The highest BCUT2D eigenvalue weighted by atomic mass is 16.7. The molecule has 1 heterocycles. The van der Waals surface area contributed by atoms with E-state index in [1.807, 2.05) is 27.7 Å². The van der Waals surface area contributed by atoms with Crippen molar-refractivity contribution in [1.82, 2.24) is 0 Å². The maximum absolute atomic E-state index is 11.9. The third kappa shape index (κ3) is 4.75. The van der Waals surface area contributed by atoms with Crippen molar-refractivity contribution in [3.63, 3.8) is 0 Å². The molecule has 0 saturated carbocycles. The van der Waals surface area contributed by atoms with Crippen molar-refractivity contribution in [3.05, 3.63) is 0 Å². The molecule has 112 valence electrons. The number of rotatable bonds is 3. The van der Waals surface area contributed by atoms with Crippen molar-refractivity contribution in [2.45, 2.75) is 77.5 Å². The SMILES string of the molecule is CC[C@@]1(O)COC(C)(C)O[C@@H]1CC(=O)OC(C)(C)C. The second-order valence-electron chi connectivity index (χ2n) is 6.54. The summed E-state index contributed by atoms with van der Waals surface area (Å²) >= 11 is 0. The quantitative estimate of drug-likeness (QED) is 0.798. The van der Waals surface area contributed by atoms with Gasteiger partial charge in [-0.2, -0.15) is 0 Å². The van der Waals surface area contributed by atoms with E-state index in [-0.39, 0.29) is 19.0 Å². The number of carbonyl (C=O) groups is 1. The van der Waals surface area contributed by atoms with Crippen LogP contribution in [0.2, 0.25) is 0 Å². The summed E-state index contributed by atoms with van der Waals surface area (Å²) in [5.74, 6) is -1.17. The average molecular weight is 274 g/mol. The lowest BCUT2D eigenvalue weighted by Gasteiger charge is -2.45. The van der Waals surface area contributed by atoms with E-state index in [0.717, 1.165) is 0 Å². The molecule has 1 aliphatic heterocycles. The minimum atomic E-state index is -1.15. The van der Waals surface area contributed by atoms with Crippen LogP contribution in [0.25, 0.3) is 0 Å². The Morgan fingerprint density at radius 2 is 2.00 bits per heavy atom. The molecule has 5 nitrogen and oxygen atoms in total. The first-order valence-electron chi connectivity index (χ1n) is 6.73. The van der Waals surface area contributed by atoms with Crippen LogP contribution in [0.3, 0.4) is 0 Å². The molecule has 0 aliphatic carbocycles. The minimum absolute atomic E-state index is 0.0222. The van der Waals surface area contributed by atoms with E-state index < -0.39 is 23.1 Å². The van der Waals surface area contributed by atoms with Crippen molar-refractivity contribution in [2.75, 3.05) is 6.61 Å².